The summed E-state index contributed by atoms with van der Waals surface area (Å²) in [4.78, 5) is 40.9. The van der Waals surface area contributed by atoms with Gasteiger partial charge in [-0.1, -0.05) is 6.42 Å². The molecule has 0 saturated carbocycles. The van der Waals surface area contributed by atoms with Crippen molar-refractivity contribution in [1.82, 2.24) is 20.9 Å². The molecule has 0 aromatic heterocycles. The minimum atomic E-state index is -0.473. The predicted molar refractivity (Wildman–Crippen MR) is 147 cm³/mol. The summed E-state index contributed by atoms with van der Waals surface area (Å²) < 4.78 is 0. The maximum absolute atomic E-state index is 12.1. The number of carbonyl (C=O) groups excluding carboxylic acids is 2. The molecule has 2 aliphatic heterocycles. The van der Waals surface area contributed by atoms with Gasteiger partial charge in [0.2, 0.25) is 5.91 Å². The lowest BCUT2D eigenvalue weighted by Crippen LogP contribution is -2.36. The summed E-state index contributed by atoms with van der Waals surface area (Å²) in [7, 11) is 2.01. The van der Waals surface area contributed by atoms with E-state index in [2.05, 4.69) is 42.8 Å². The first-order chi connectivity index (χ1) is 17.9. The lowest BCUT2D eigenvalue weighted by atomic mass is 10.0. The lowest BCUT2D eigenvalue weighted by Gasteiger charge is -2.17. The first kappa shape index (κ1) is 28.5. The number of carbonyl (C=O) groups is 2. The lowest BCUT2D eigenvalue weighted by molar-refractivity contribution is -0.414. The summed E-state index contributed by atoms with van der Waals surface area (Å²) in [5.41, 5.74) is 0.596. The van der Waals surface area contributed by atoms with Crippen LogP contribution in [0.25, 0.3) is 0 Å². The molecule has 0 radical (unpaired) electrons. The van der Waals surface area contributed by atoms with Gasteiger partial charge in [0.15, 0.2) is 0 Å². The zero-order chi connectivity index (χ0) is 26.6. The van der Waals surface area contributed by atoms with Gasteiger partial charge in [0, 0.05) is 43.3 Å². The van der Waals surface area contributed by atoms with E-state index in [1.54, 1.807) is 12.2 Å². The summed E-state index contributed by atoms with van der Waals surface area (Å²) in [6.07, 6.45) is 9.52. The Morgan fingerprint density at radius 3 is 2.86 bits per heavy atom. The molecule has 202 valence electrons. The fraction of sp³-hybridized carbons (Fsp3) is 0.625. The smallest absolute Gasteiger partial charge is 0.315 e. The van der Waals surface area contributed by atoms with Gasteiger partial charge in [0.1, 0.15) is 5.71 Å². The van der Waals surface area contributed by atoms with Crippen LogP contribution in [0.15, 0.2) is 39.1 Å². The van der Waals surface area contributed by atoms with E-state index in [0.29, 0.717) is 36.2 Å². The number of urea groups is 1. The van der Waals surface area contributed by atoms with Gasteiger partial charge >= 0.3 is 6.03 Å². The molecular weight excluding hydrogens is 496 g/mol. The topological polar surface area (TPSA) is 154 Å². The van der Waals surface area contributed by atoms with Gasteiger partial charge < -0.3 is 20.9 Å². The number of nitro groups is 1. The summed E-state index contributed by atoms with van der Waals surface area (Å²) in [6, 6.07) is 0.403. The SMILES string of the molecule is C=NN=C1C=CC(=NCCCN(C)CCCNC(=O)CCCC[C@@H]2SC[C@@H]3NC(=O)N[C@@H]32)C([N+](=O)[O-])=C1. The normalized spacial score (nSPS) is 24.6. The Bertz CT molecular complexity index is 980. The second kappa shape index (κ2) is 14.6. The first-order valence-corrected chi connectivity index (χ1v) is 13.7. The monoisotopic (exact) mass is 532 g/mol. The molecule has 0 aromatic rings. The van der Waals surface area contributed by atoms with Gasteiger partial charge in [0.05, 0.1) is 22.7 Å². The van der Waals surface area contributed by atoms with Crippen molar-refractivity contribution in [2.24, 2.45) is 15.2 Å². The summed E-state index contributed by atoms with van der Waals surface area (Å²) in [6.45, 7) is 6.01. The molecule has 2 fully saturated rings. The fourth-order valence-corrected chi connectivity index (χ4v) is 6.07. The Hall–Kier alpha value is -3.06. The van der Waals surface area contributed by atoms with Crippen molar-refractivity contribution in [3.8, 4) is 0 Å². The van der Waals surface area contributed by atoms with Crippen LogP contribution in [0.4, 0.5) is 4.79 Å². The molecule has 0 spiro atoms. The molecule has 0 bridgehead atoms. The molecule has 1 aliphatic carbocycles. The molecule has 3 atom stereocenters. The van der Waals surface area contributed by atoms with Crippen molar-refractivity contribution in [3.05, 3.63) is 34.0 Å². The van der Waals surface area contributed by atoms with Crippen molar-refractivity contribution in [2.45, 2.75) is 55.9 Å². The third-order valence-corrected chi connectivity index (χ3v) is 7.95. The van der Waals surface area contributed by atoms with E-state index >= 15 is 0 Å². The molecule has 0 unspecified atom stereocenters. The van der Waals surface area contributed by atoms with Crippen molar-refractivity contribution in [3.63, 3.8) is 0 Å². The van der Waals surface area contributed by atoms with Crippen molar-refractivity contribution in [2.75, 3.05) is 39.0 Å². The molecule has 12 nitrogen and oxygen atoms in total. The van der Waals surface area contributed by atoms with Crippen LogP contribution in [-0.2, 0) is 4.79 Å². The summed E-state index contributed by atoms with van der Waals surface area (Å²) in [5.74, 6) is 1.04. The summed E-state index contributed by atoms with van der Waals surface area (Å²) in [5, 5.41) is 27.8. The Morgan fingerprint density at radius 2 is 2.08 bits per heavy atom. The average Bonchev–Trinajstić information content (AvgIpc) is 3.42. The molecular formula is C24H36N8O4S. The van der Waals surface area contributed by atoms with Crippen molar-refractivity contribution in [1.29, 1.82) is 0 Å². The molecule has 3 rings (SSSR count). The molecule has 3 N–H and O–H groups in total. The Balaban J connectivity index is 1.21. The van der Waals surface area contributed by atoms with Crippen LogP contribution in [0, 0.1) is 10.1 Å². The average molecular weight is 533 g/mol. The molecule has 2 saturated heterocycles. The predicted octanol–water partition coefficient (Wildman–Crippen LogP) is 1.77. The first-order valence-electron chi connectivity index (χ1n) is 12.6. The number of nitrogens with zero attached hydrogens (tertiary/aromatic N) is 5. The number of nitrogens with one attached hydrogen (secondary N) is 3. The van der Waals surface area contributed by atoms with Gasteiger partial charge in [-0.05, 0) is 58.0 Å². The van der Waals surface area contributed by atoms with Crippen LogP contribution >= 0.6 is 11.8 Å². The standard InChI is InChI=1S/C24H36N8O4S/c1-25-30-17-9-10-18(20(15-17)32(35)36)26-11-5-13-31(2)14-6-12-27-22(33)8-4-3-7-21-23-19(16-37-21)28-24(34)29-23/h9-10,15,19,21,23H,1,3-8,11-14,16H2,2H3,(H,27,33)(H2,28,29,34)/t19-,21-,23-/m0/s1. The van der Waals surface area contributed by atoms with E-state index in [9.17, 15) is 19.7 Å². The zero-order valence-corrected chi connectivity index (χ0v) is 22.0. The fourth-order valence-electron chi connectivity index (χ4n) is 4.53. The zero-order valence-electron chi connectivity index (χ0n) is 21.2. The van der Waals surface area contributed by atoms with E-state index in [1.165, 1.54) is 6.08 Å². The number of hydrogen-bond donors (Lipinski definition) is 3. The highest BCUT2D eigenvalue weighted by atomic mass is 32.2. The second-order valence-corrected chi connectivity index (χ2v) is 10.6. The minimum Gasteiger partial charge on any atom is -0.356 e. The van der Waals surface area contributed by atoms with E-state index in [4.69, 9.17) is 0 Å². The molecule has 3 aliphatic rings. The molecule has 37 heavy (non-hydrogen) atoms. The van der Waals surface area contributed by atoms with Crippen LogP contribution in [0.2, 0.25) is 0 Å². The highest BCUT2D eigenvalue weighted by molar-refractivity contribution is 8.00. The van der Waals surface area contributed by atoms with E-state index in [-0.39, 0.29) is 29.7 Å². The van der Waals surface area contributed by atoms with Crippen molar-refractivity contribution >= 4 is 41.8 Å². The number of thioether (sulfide) groups is 1. The Labute approximate surface area is 221 Å². The van der Waals surface area contributed by atoms with Crippen molar-refractivity contribution < 1.29 is 14.5 Å². The quantitative estimate of drug-likeness (QED) is 0.0729. The van der Waals surface area contributed by atoms with Crippen LogP contribution in [0.3, 0.4) is 0 Å². The number of fused-ring (bicyclic) bond motifs is 1. The molecule has 13 heteroatoms. The molecule has 0 aromatic carbocycles. The van der Waals surface area contributed by atoms with E-state index in [0.717, 1.165) is 50.9 Å². The van der Waals surface area contributed by atoms with E-state index in [1.807, 2.05) is 18.8 Å². The van der Waals surface area contributed by atoms with E-state index < -0.39 is 4.92 Å². The van der Waals surface area contributed by atoms with Crippen LogP contribution in [-0.4, -0.2) is 96.2 Å². The van der Waals surface area contributed by atoms with Gasteiger partial charge in [-0.2, -0.15) is 22.0 Å². The Morgan fingerprint density at radius 1 is 1.27 bits per heavy atom. The maximum atomic E-state index is 12.1. The number of unbranched alkanes of at least 4 members (excludes halogenated alkanes) is 1. The largest absolute Gasteiger partial charge is 0.356 e. The van der Waals surface area contributed by atoms with Crippen LogP contribution in [0.1, 0.15) is 38.5 Å². The number of amides is 3. The Kier molecular flexibility index (Phi) is 11.3. The molecule has 2 heterocycles. The number of hydrogen-bond acceptors (Lipinski definition) is 9. The minimum absolute atomic E-state index is 0.0630. The third kappa shape index (κ3) is 9.08. The van der Waals surface area contributed by atoms with Gasteiger partial charge in [0.25, 0.3) is 5.70 Å². The van der Waals surface area contributed by atoms with Gasteiger partial charge in [-0.25, -0.2) is 4.79 Å². The van der Waals surface area contributed by atoms with Crippen LogP contribution in [0.5, 0.6) is 0 Å². The van der Waals surface area contributed by atoms with Crippen LogP contribution < -0.4 is 16.0 Å². The number of aliphatic imine (C=N–C) groups is 1. The second-order valence-electron chi connectivity index (χ2n) is 9.28. The maximum Gasteiger partial charge on any atom is 0.315 e. The molecule has 3 amide bonds. The third-order valence-electron chi connectivity index (χ3n) is 6.44. The highest BCUT2D eigenvalue weighted by Crippen LogP contribution is 2.33. The van der Waals surface area contributed by atoms with Gasteiger partial charge in [-0.3, -0.25) is 19.9 Å². The number of allylic oxidation sites excluding steroid dienone is 3. The highest BCUT2D eigenvalue weighted by Gasteiger charge is 2.42. The summed E-state index contributed by atoms with van der Waals surface area (Å²) >= 11 is 1.90. The van der Waals surface area contributed by atoms with Gasteiger partial charge in [-0.15, -0.1) is 0 Å². The number of rotatable bonds is 15.